The Bertz CT molecular complexity index is 776. The number of carbonyl (C=O) groups excluding carboxylic acids is 2. The highest BCUT2D eigenvalue weighted by Gasteiger charge is 2.19. The Balaban J connectivity index is 1.76. The van der Waals surface area contributed by atoms with Crippen LogP contribution in [0.3, 0.4) is 0 Å². The van der Waals surface area contributed by atoms with Crippen LogP contribution < -0.4 is 15.4 Å². The fourth-order valence-electron chi connectivity index (χ4n) is 2.40. The van der Waals surface area contributed by atoms with Crippen LogP contribution in [0.2, 0.25) is 0 Å². The van der Waals surface area contributed by atoms with Crippen LogP contribution in [0, 0.1) is 0 Å². The third-order valence-corrected chi connectivity index (χ3v) is 4.32. The Kier molecular flexibility index (Phi) is 4.34. The number of ether oxygens (including phenoxy) is 1. The number of anilines is 1. The van der Waals surface area contributed by atoms with Gasteiger partial charge in [-0.1, -0.05) is 34.1 Å². The van der Waals surface area contributed by atoms with Gasteiger partial charge in [0.1, 0.15) is 5.75 Å². The van der Waals surface area contributed by atoms with Gasteiger partial charge in [0.25, 0.3) is 11.8 Å². The molecule has 0 saturated heterocycles. The lowest BCUT2D eigenvalue weighted by atomic mass is 10.1. The summed E-state index contributed by atoms with van der Waals surface area (Å²) in [5, 5.41) is 5.66. The molecule has 0 bridgehead atoms. The first kappa shape index (κ1) is 15.6. The van der Waals surface area contributed by atoms with Crippen molar-refractivity contribution in [3.8, 4) is 5.75 Å². The smallest absolute Gasteiger partial charge is 0.262 e. The van der Waals surface area contributed by atoms with Crippen molar-refractivity contribution in [3.63, 3.8) is 0 Å². The molecule has 0 aliphatic carbocycles. The summed E-state index contributed by atoms with van der Waals surface area (Å²) in [7, 11) is 0. The second-order valence-corrected chi connectivity index (χ2v) is 6.12. The van der Waals surface area contributed by atoms with Crippen molar-refractivity contribution in [1.82, 2.24) is 5.32 Å². The van der Waals surface area contributed by atoms with Crippen LogP contribution in [-0.4, -0.2) is 18.4 Å². The molecule has 6 heteroatoms. The van der Waals surface area contributed by atoms with Crippen molar-refractivity contribution >= 4 is 33.4 Å². The van der Waals surface area contributed by atoms with Crippen LogP contribution in [0.5, 0.6) is 5.75 Å². The van der Waals surface area contributed by atoms with E-state index in [4.69, 9.17) is 4.74 Å². The molecule has 2 amide bonds. The molecule has 2 aromatic carbocycles. The number of amides is 2. The fraction of sp³-hybridized carbons (Fsp3) is 0.176. The van der Waals surface area contributed by atoms with Gasteiger partial charge in [-0.05, 0) is 36.8 Å². The number of hydrogen-bond donors (Lipinski definition) is 2. The predicted octanol–water partition coefficient (Wildman–Crippen LogP) is 3.27. The summed E-state index contributed by atoms with van der Waals surface area (Å²) in [5.41, 5.74) is 2.07. The van der Waals surface area contributed by atoms with E-state index in [1.807, 2.05) is 31.2 Å². The van der Waals surface area contributed by atoms with Crippen LogP contribution in [-0.2, 0) is 4.79 Å². The van der Waals surface area contributed by atoms with E-state index < -0.39 is 0 Å². The van der Waals surface area contributed by atoms with Gasteiger partial charge in [-0.15, -0.1) is 0 Å². The summed E-state index contributed by atoms with van der Waals surface area (Å²) < 4.78 is 6.28. The zero-order chi connectivity index (χ0) is 16.4. The van der Waals surface area contributed by atoms with Gasteiger partial charge in [-0.2, -0.15) is 0 Å². The van der Waals surface area contributed by atoms with Crippen molar-refractivity contribution in [2.24, 2.45) is 0 Å². The van der Waals surface area contributed by atoms with Crippen LogP contribution in [0.4, 0.5) is 5.69 Å². The number of rotatable bonds is 3. The summed E-state index contributed by atoms with van der Waals surface area (Å²) in [6, 6.07) is 12.6. The minimum Gasteiger partial charge on any atom is -0.482 e. The molecule has 118 valence electrons. The Hall–Kier alpha value is -2.34. The molecule has 1 aliphatic heterocycles. The van der Waals surface area contributed by atoms with Gasteiger partial charge in [0.05, 0.1) is 11.7 Å². The second-order valence-electron chi connectivity index (χ2n) is 5.26. The average molecular weight is 375 g/mol. The van der Waals surface area contributed by atoms with Crippen LogP contribution in [0.1, 0.15) is 28.9 Å². The summed E-state index contributed by atoms with van der Waals surface area (Å²) >= 11 is 3.49. The Morgan fingerprint density at radius 3 is 2.87 bits per heavy atom. The lowest BCUT2D eigenvalue weighted by Gasteiger charge is -2.19. The number of benzene rings is 2. The lowest BCUT2D eigenvalue weighted by molar-refractivity contribution is -0.118. The van der Waals surface area contributed by atoms with Crippen molar-refractivity contribution in [2.75, 3.05) is 11.9 Å². The van der Waals surface area contributed by atoms with E-state index in [-0.39, 0.29) is 24.5 Å². The van der Waals surface area contributed by atoms with Crippen molar-refractivity contribution in [1.29, 1.82) is 0 Å². The summed E-state index contributed by atoms with van der Waals surface area (Å²) in [5.74, 6) is 0.111. The Morgan fingerprint density at radius 2 is 2.09 bits per heavy atom. The highest BCUT2D eigenvalue weighted by Crippen LogP contribution is 2.29. The number of nitrogens with one attached hydrogen (secondary N) is 2. The number of carbonyl (C=O) groups is 2. The minimum absolute atomic E-state index is 0.0363. The van der Waals surface area contributed by atoms with E-state index in [1.165, 1.54) is 0 Å². The Morgan fingerprint density at radius 1 is 1.30 bits per heavy atom. The van der Waals surface area contributed by atoms with E-state index in [0.717, 1.165) is 10.0 Å². The molecule has 5 nitrogen and oxygen atoms in total. The topological polar surface area (TPSA) is 67.4 Å². The van der Waals surface area contributed by atoms with E-state index in [0.29, 0.717) is 17.0 Å². The van der Waals surface area contributed by atoms with Gasteiger partial charge in [0.2, 0.25) is 0 Å². The molecule has 23 heavy (non-hydrogen) atoms. The molecule has 0 fully saturated rings. The van der Waals surface area contributed by atoms with Crippen LogP contribution in [0.25, 0.3) is 0 Å². The largest absolute Gasteiger partial charge is 0.482 e. The first-order valence-corrected chi connectivity index (χ1v) is 7.96. The molecule has 1 atom stereocenters. The molecule has 2 aromatic rings. The molecule has 0 radical (unpaired) electrons. The first-order chi connectivity index (χ1) is 11.0. The van der Waals surface area contributed by atoms with E-state index in [9.17, 15) is 9.59 Å². The third kappa shape index (κ3) is 3.37. The van der Waals surface area contributed by atoms with Crippen molar-refractivity contribution in [2.45, 2.75) is 13.0 Å². The van der Waals surface area contributed by atoms with Gasteiger partial charge in [0, 0.05) is 10.0 Å². The zero-order valence-corrected chi connectivity index (χ0v) is 14.0. The quantitative estimate of drug-likeness (QED) is 0.866. The molecule has 3 rings (SSSR count). The van der Waals surface area contributed by atoms with Gasteiger partial charge in [-0.25, -0.2) is 0 Å². The van der Waals surface area contributed by atoms with Gasteiger partial charge in [0.15, 0.2) is 6.61 Å². The first-order valence-electron chi connectivity index (χ1n) is 7.16. The normalized spacial score (nSPS) is 14.3. The van der Waals surface area contributed by atoms with Crippen LogP contribution in [0.15, 0.2) is 46.9 Å². The maximum atomic E-state index is 12.4. The fourth-order valence-corrected chi connectivity index (χ4v) is 3.03. The summed E-state index contributed by atoms with van der Waals surface area (Å²) in [6.07, 6.45) is 0. The monoisotopic (exact) mass is 374 g/mol. The van der Waals surface area contributed by atoms with Gasteiger partial charge >= 0.3 is 0 Å². The maximum absolute atomic E-state index is 12.4. The number of fused-ring (bicyclic) bond motifs is 1. The summed E-state index contributed by atoms with van der Waals surface area (Å²) in [4.78, 5) is 23.7. The molecule has 1 aliphatic rings. The van der Waals surface area contributed by atoms with Crippen LogP contribution >= 0.6 is 15.9 Å². The SMILES string of the molecule is CC(NC(=O)c1ccc2c(c1)OCC(=O)N2)c1ccccc1Br. The van der Waals surface area contributed by atoms with Crippen molar-refractivity contribution in [3.05, 3.63) is 58.1 Å². The van der Waals surface area contributed by atoms with Crippen molar-refractivity contribution < 1.29 is 14.3 Å². The molecular weight excluding hydrogens is 360 g/mol. The highest BCUT2D eigenvalue weighted by atomic mass is 79.9. The van der Waals surface area contributed by atoms with E-state index in [1.54, 1.807) is 18.2 Å². The molecule has 0 saturated carbocycles. The molecule has 0 aromatic heterocycles. The average Bonchev–Trinajstić information content (AvgIpc) is 2.54. The molecular formula is C17H15BrN2O3. The number of halogens is 1. The Labute approximate surface area is 142 Å². The maximum Gasteiger partial charge on any atom is 0.262 e. The second kappa shape index (κ2) is 6.42. The lowest BCUT2D eigenvalue weighted by Crippen LogP contribution is -2.28. The molecule has 2 N–H and O–H groups in total. The standard InChI is InChI=1S/C17H15BrN2O3/c1-10(12-4-2-3-5-13(12)18)19-17(22)11-6-7-14-15(8-11)23-9-16(21)20-14/h2-8,10H,9H2,1H3,(H,19,22)(H,20,21). The predicted molar refractivity (Wildman–Crippen MR) is 90.6 cm³/mol. The van der Waals surface area contributed by atoms with E-state index in [2.05, 4.69) is 26.6 Å². The van der Waals surface area contributed by atoms with Gasteiger partial charge < -0.3 is 15.4 Å². The zero-order valence-electron chi connectivity index (χ0n) is 12.4. The molecule has 0 spiro atoms. The van der Waals surface area contributed by atoms with Gasteiger partial charge in [-0.3, -0.25) is 9.59 Å². The molecule has 1 unspecified atom stereocenters. The molecule has 1 heterocycles. The minimum atomic E-state index is -0.198. The number of hydrogen-bond acceptors (Lipinski definition) is 3. The van der Waals surface area contributed by atoms with E-state index >= 15 is 0 Å². The third-order valence-electron chi connectivity index (χ3n) is 3.60. The highest BCUT2D eigenvalue weighted by molar-refractivity contribution is 9.10. The summed E-state index contributed by atoms with van der Waals surface area (Å²) in [6.45, 7) is 1.89.